The SMILES string of the molecule is O=S(=O)(Nc1ccc(F)cc1)c1ccc(F)s1. The van der Waals surface area contributed by atoms with Crippen LogP contribution >= 0.6 is 11.3 Å². The maximum Gasteiger partial charge on any atom is 0.271 e. The zero-order valence-electron chi connectivity index (χ0n) is 8.35. The molecule has 0 radical (unpaired) electrons. The van der Waals surface area contributed by atoms with Crippen molar-refractivity contribution in [1.82, 2.24) is 0 Å². The molecule has 3 nitrogen and oxygen atoms in total. The van der Waals surface area contributed by atoms with Crippen molar-refractivity contribution < 1.29 is 17.2 Å². The summed E-state index contributed by atoms with van der Waals surface area (Å²) in [5, 5.41) is -0.579. The topological polar surface area (TPSA) is 46.2 Å². The second kappa shape index (κ2) is 4.42. The molecule has 2 aromatic rings. The fourth-order valence-electron chi connectivity index (χ4n) is 1.17. The van der Waals surface area contributed by atoms with Gasteiger partial charge in [-0.3, -0.25) is 4.72 Å². The molecule has 1 heterocycles. The maximum atomic E-state index is 12.7. The third-order valence-corrected chi connectivity index (χ3v) is 4.66. The molecule has 0 bridgehead atoms. The lowest BCUT2D eigenvalue weighted by molar-refractivity contribution is 0.603. The van der Waals surface area contributed by atoms with E-state index in [-0.39, 0.29) is 9.90 Å². The number of nitrogens with one attached hydrogen (secondary N) is 1. The molecule has 0 aliphatic carbocycles. The molecule has 90 valence electrons. The van der Waals surface area contributed by atoms with Crippen LogP contribution in [0.25, 0.3) is 0 Å². The van der Waals surface area contributed by atoms with Crippen molar-refractivity contribution in [2.45, 2.75) is 4.21 Å². The van der Waals surface area contributed by atoms with Gasteiger partial charge < -0.3 is 0 Å². The van der Waals surface area contributed by atoms with Gasteiger partial charge >= 0.3 is 0 Å². The summed E-state index contributed by atoms with van der Waals surface area (Å²) in [5.74, 6) is -0.463. The van der Waals surface area contributed by atoms with Gasteiger partial charge in [-0.1, -0.05) is 11.3 Å². The molecule has 0 saturated carbocycles. The summed E-state index contributed by atoms with van der Waals surface area (Å²) in [4.78, 5) is 0. The molecule has 1 aromatic heterocycles. The average Bonchev–Trinajstić information content (AvgIpc) is 2.69. The fraction of sp³-hybridized carbons (Fsp3) is 0. The number of thiophene rings is 1. The number of hydrogen-bond acceptors (Lipinski definition) is 3. The van der Waals surface area contributed by atoms with Gasteiger partial charge in [-0.15, -0.1) is 0 Å². The molecular weight excluding hydrogens is 268 g/mol. The fourth-order valence-corrected chi connectivity index (χ4v) is 3.23. The highest BCUT2D eigenvalue weighted by Gasteiger charge is 2.16. The van der Waals surface area contributed by atoms with Crippen LogP contribution in [0.1, 0.15) is 0 Å². The van der Waals surface area contributed by atoms with Crippen molar-refractivity contribution in [2.75, 3.05) is 4.72 Å². The van der Waals surface area contributed by atoms with E-state index in [0.29, 0.717) is 11.3 Å². The van der Waals surface area contributed by atoms with E-state index in [1.807, 2.05) is 0 Å². The van der Waals surface area contributed by atoms with Crippen molar-refractivity contribution in [1.29, 1.82) is 0 Å². The van der Waals surface area contributed by atoms with Crippen molar-refractivity contribution in [3.63, 3.8) is 0 Å². The highest BCUT2D eigenvalue weighted by Crippen LogP contribution is 2.22. The van der Waals surface area contributed by atoms with Crippen molar-refractivity contribution in [3.8, 4) is 0 Å². The second-order valence-corrected chi connectivity index (χ2v) is 6.11. The summed E-state index contributed by atoms with van der Waals surface area (Å²) in [6, 6.07) is 7.09. The molecule has 1 aromatic carbocycles. The van der Waals surface area contributed by atoms with Gasteiger partial charge in [0.1, 0.15) is 10.0 Å². The smallest absolute Gasteiger partial charge is 0.271 e. The minimum atomic E-state index is -3.80. The van der Waals surface area contributed by atoms with Crippen LogP contribution in [0.15, 0.2) is 40.6 Å². The van der Waals surface area contributed by atoms with E-state index in [4.69, 9.17) is 0 Å². The Morgan fingerprint density at radius 2 is 1.65 bits per heavy atom. The second-order valence-electron chi connectivity index (χ2n) is 3.17. The third-order valence-electron chi connectivity index (χ3n) is 1.91. The normalized spacial score (nSPS) is 11.4. The van der Waals surface area contributed by atoms with Crippen molar-refractivity contribution >= 4 is 27.0 Å². The molecule has 0 fully saturated rings. The van der Waals surface area contributed by atoms with E-state index in [0.717, 1.165) is 18.2 Å². The first kappa shape index (κ1) is 12.0. The summed E-state index contributed by atoms with van der Waals surface area (Å²) in [6.45, 7) is 0. The van der Waals surface area contributed by atoms with Gasteiger partial charge in [0.15, 0.2) is 5.13 Å². The van der Waals surface area contributed by atoms with Gasteiger partial charge in [0.25, 0.3) is 10.0 Å². The monoisotopic (exact) mass is 275 g/mol. The molecule has 0 aliphatic heterocycles. The number of halogens is 2. The average molecular weight is 275 g/mol. The van der Waals surface area contributed by atoms with Gasteiger partial charge in [0.2, 0.25) is 0 Å². The van der Waals surface area contributed by atoms with Crippen LogP contribution in [0, 0.1) is 10.9 Å². The van der Waals surface area contributed by atoms with Gasteiger partial charge in [0.05, 0.1) is 0 Å². The summed E-state index contributed by atoms with van der Waals surface area (Å²) >= 11 is 0.526. The quantitative estimate of drug-likeness (QED) is 0.936. The Hall–Kier alpha value is -1.47. The van der Waals surface area contributed by atoms with Crippen LogP contribution in [0.5, 0.6) is 0 Å². The van der Waals surface area contributed by atoms with Gasteiger partial charge in [-0.25, -0.2) is 12.8 Å². The first-order valence-corrected chi connectivity index (χ1v) is 6.81. The molecule has 17 heavy (non-hydrogen) atoms. The highest BCUT2D eigenvalue weighted by molar-refractivity contribution is 7.94. The van der Waals surface area contributed by atoms with Crippen LogP contribution in [0.3, 0.4) is 0 Å². The van der Waals surface area contributed by atoms with E-state index in [9.17, 15) is 17.2 Å². The minimum Gasteiger partial charge on any atom is -0.279 e. The summed E-state index contributed by atoms with van der Waals surface area (Å²) in [7, 11) is -3.80. The molecule has 0 amide bonds. The summed E-state index contributed by atoms with van der Waals surface area (Å²) in [6.07, 6.45) is 0. The number of benzene rings is 1. The van der Waals surface area contributed by atoms with E-state index in [1.54, 1.807) is 0 Å². The number of rotatable bonds is 3. The van der Waals surface area contributed by atoms with Crippen LogP contribution in [0.2, 0.25) is 0 Å². The van der Waals surface area contributed by atoms with Gasteiger partial charge in [-0.05, 0) is 36.4 Å². The Bertz CT molecular complexity index is 620. The van der Waals surface area contributed by atoms with Crippen LogP contribution in [-0.4, -0.2) is 8.42 Å². The lowest BCUT2D eigenvalue weighted by Gasteiger charge is -2.05. The standard InChI is InChI=1S/C10H7F2NO2S2/c11-7-1-3-8(4-2-7)13-17(14,15)10-6-5-9(12)16-10/h1-6,13H. The molecule has 1 N–H and O–H groups in total. The molecular formula is C10H7F2NO2S2. The van der Waals surface area contributed by atoms with Crippen molar-refractivity contribution in [3.05, 3.63) is 47.3 Å². The lowest BCUT2D eigenvalue weighted by atomic mass is 10.3. The highest BCUT2D eigenvalue weighted by atomic mass is 32.2. The van der Waals surface area contributed by atoms with Crippen molar-refractivity contribution in [2.24, 2.45) is 0 Å². The van der Waals surface area contributed by atoms with E-state index in [2.05, 4.69) is 4.72 Å². The number of sulfonamides is 1. The Morgan fingerprint density at radius 1 is 1.00 bits per heavy atom. The first-order chi connectivity index (χ1) is 7.97. The molecule has 0 unspecified atom stereocenters. The summed E-state index contributed by atoms with van der Waals surface area (Å²) in [5.41, 5.74) is 0.222. The zero-order valence-corrected chi connectivity index (χ0v) is 9.99. The summed E-state index contributed by atoms with van der Waals surface area (Å²) < 4.78 is 50.9. The number of anilines is 1. The molecule has 0 saturated heterocycles. The predicted molar refractivity (Wildman–Crippen MR) is 61.5 cm³/mol. The van der Waals surface area contributed by atoms with Gasteiger partial charge in [0, 0.05) is 5.69 Å². The molecule has 2 rings (SSSR count). The Kier molecular flexibility index (Phi) is 3.12. The maximum absolute atomic E-state index is 12.7. The zero-order chi connectivity index (χ0) is 12.5. The lowest BCUT2D eigenvalue weighted by Crippen LogP contribution is -2.11. The number of hydrogen-bond donors (Lipinski definition) is 1. The van der Waals surface area contributed by atoms with E-state index >= 15 is 0 Å². The van der Waals surface area contributed by atoms with Crippen LogP contribution in [0.4, 0.5) is 14.5 Å². The first-order valence-electron chi connectivity index (χ1n) is 4.51. The molecule has 0 aliphatic rings. The largest absolute Gasteiger partial charge is 0.279 e. The Labute approximate surface area is 101 Å². The minimum absolute atomic E-state index is 0.126. The Morgan fingerprint density at radius 3 is 2.18 bits per heavy atom. The third kappa shape index (κ3) is 2.80. The van der Waals surface area contributed by atoms with E-state index in [1.165, 1.54) is 18.2 Å². The van der Waals surface area contributed by atoms with Gasteiger partial charge in [-0.2, -0.15) is 4.39 Å². The van der Waals surface area contributed by atoms with E-state index < -0.39 is 21.0 Å². The molecule has 7 heteroatoms. The molecule has 0 atom stereocenters. The Balaban J connectivity index is 2.26. The molecule has 0 spiro atoms. The van der Waals surface area contributed by atoms with Crippen LogP contribution in [-0.2, 0) is 10.0 Å². The van der Waals surface area contributed by atoms with Crippen LogP contribution < -0.4 is 4.72 Å². The predicted octanol–water partition coefficient (Wildman–Crippen LogP) is 2.83.